The summed E-state index contributed by atoms with van der Waals surface area (Å²) in [5.74, 6) is 0. The van der Waals surface area contributed by atoms with E-state index < -0.39 is 11.0 Å². The summed E-state index contributed by atoms with van der Waals surface area (Å²) >= 11 is 0. The van der Waals surface area contributed by atoms with Crippen molar-refractivity contribution in [3.05, 3.63) is 35.9 Å². The van der Waals surface area contributed by atoms with Crippen LogP contribution in [0.4, 0.5) is 0 Å². The van der Waals surface area contributed by atoms with Gasteiger partial charge in [-0.1, -0.05) is 44.2 Å². The van der Waals surface area contributed by atoms with E-state index in [4.69, 9.17) is 4.74 Å². The molecule has 0 radical (unpaired) electrons. The van der Waals surface area contributed by atoms with Gasteiger partial charge >= 0.3 is 0 Å². The number of hydrogen-bond donors (Lipinski definition) is 0. The lowest BCUT2D eigenvalue weighted by molar-refractivity contribution is 0.00400. The maximum absolute atomic E-state index is 9.22. The molecule has 1 aliphatic rings. The molecule has 2 rings (SSSR count). The molecule has 1 aromatic carbocycles. The summed E-state index contributed by atoms with van der Waals surface area (Å²) in [5, 5.41) is 18.4. The van der Waals surface area contributed by atoms with E-state index in [-0.39, 0.29) is 6.10 Å². The summed E-state index contributed by atoms with van der Waals surface area (Å²) in [6.07, 6.45) is 0.503. The molecule has 0 aromatic heterocycles. The number of nitriles is 2. The maximum Gasteiger partial charge on any atom is 0.246 e. The number of rotatable bonds is 1. The lowest BCUT2D eigenvalue weighted by Crippen LogP contribution is -2.38. The fourth-order valence-corrected chi connectivity index (χ4v) is 2.26. The van der Waals surface area contributed by atoms with Gasteiger partial charge in [-0.05, 0) is 12.0 Å². The summed E-state index contributed by atoms with van der Waals surface area (Å²) in [6, 6.07) is 13.8. The van der Waals surface area contributed by atoms with E-state index in [1.54, 1.807) is 0 Å². The van der Waals surface area contributed by atoms with Crippen LogP contribution >= 0.6 is 0 Å². The van der Waals surface area contributed by atoms with Gasteiger partial charge in [0.25, 0.3) is 0 Å². The van der Waals surface area contributed by atoms with E-state index in [0.29, 0.717) is 6.42 Å². The largest absolute Gasteiger partial charge is 0.339 e. The highest BCUT2D eigenvalue weighted by molar-refractivity contribution is 5.30. The van der Waals surface area contributed by atoms with Crippen molar-refractivity contribution < 1.29 is 4.74 Å². The van der Waals surface area contributed by atoms with Gasteiger partial charge in [-0.25, -0.2) is 0 Å². The molecular formula is C14H14N2O. The highest BCUT2D eigenvalue weighted by Crippen LogP contribution is 2.51. The molecule has 1 fully saturated rings. The first-order valence-electron chi connectivity index (χ1n) is 5.60. The van der Waals surface area contributed by atoms with Crippen LogP contribution in [0.25, 0.3) is 0 Å². The van der Waals surface area contributed by atoms with Crippen LogP contribution in [0.2, 0.25) is 0 Å². The molecule has 1 saturated heterocycles. The van der Waals surface area contributed by atoms with Crippen LogP contribution in [0.5, 0.6) is 0 Å². The summed E-state index contributed by atoms with van der Waals surface area (Å²) in [5.41, 5.74) is -0.780. The average molecular weight is 226 g/mol. The first kappa shape index (κ1) is 11.6. The molecule has 0 bridgehead atoms. The summed E-state index contributed by atoms with van der Waals surface area (Å²) in [4.78, 5) is 0. The van der Waals surface area contributed by atoms with Crippen molar-refractivity contribution in [1.82, 2.24) is 0 Å². The molecule has 0 spiro atoms. The van der Waals surface area contributed by atoms with Crippen LogP contribution < -0.4 is 0 Å². The average Bonchev–Trinajstić information content (AvgIpc) is 2.62. The fraction of sp³-hybridized carbons (Fsp3) is 0.429. The third-order valence-corrected chi connectivity index (χ3v) is 3.45. The minimum Gasteiger partial charge on any atom is -0.339 e. The smallest absolute Gasteiger partial charge is 0.246 e. The normalized spacial score (nSPS) is 24.8. The fourth-order valence-electron chi connectivity index (χ4n) is 2.26. The van der Waals surface area contributed by atoms with E-state index in [0.717, 1.165) is 5.56 Å². The van der Waals surface area contributed by atoms with Crippen molar-refractivity contribution in [1.29, 1.82) is 10.5 Å². The standard InChI is InChI=1S/C14H14N2O/c1-13(2)8-12(11-6-4-3-5-7-11)17-14(13,9-15)10-16/h3-7,12H,8H2,1-2H3. The Morgan fingerprint density at radius 2 is 1.76 bits per heavy atom. The molecule has 17 heavy (non-hydrogen) atoms. The zero-order chi connectivity index (χ0) is 12.5. The lowest BCUT2D eigenvalue weighted by atomic mass is 9.75. The highest BCUT2D eigenvalue weighted by atomic mass is 16.5. The van der Waals surface area contributed by atoms with Gasteiger partial charge < -0.3 is 4.74 Å². The molecule has 0 N–H and O–H groups in total. The second-order valence-corrected chi connectivity index (χ2v) is 5.01. The van der Waals surface area contributed by atoms with Gasteiger partial charge in [-0.2, -0.15) is 10.5 Å². The Labute approximate surface area is 101 Å². The molecule has 0 amide bonds. The van der Waals surface area contributed by atoms with E-state index in [1.807, 2.05) is 56.3 Å². The summed E-state index contributed by atoms with van der Waals surface area (Å²) < 4.78 is 5.73. The van der Waals surface area contributed by atoms with E-state index in [9.17, 15) is 10.5 Å². The van der Waals surface area contributed by atoms with Gasteiger partial charge in [-0.3, -0.25) is 0 Å². The molecule has 1 atom stereocenters. The third kappa shape index (κ3) is 1.69. The van der Waals surface area contributed by atoms with Crippen molar-refractivity contribution in [3.63, 3.8) is 0 Å². The second-order valence-electron chi connectivity index (χ2n) is 5.01. The Morgan fingerprint density at radius 1 is 1.18 bits per heavy atom. The van der Waals surface area contributed by atoms with Crippen LogP contribution in [0, 0.1) is 28.1 Å². The zero-order valence-corrected chi connectivity index (χ0v) is 9.97. The topological polar surface area (TPSA) is 56.8 Å². The van der Waals surface area contributed by atoms with Gasteiger partial charge in [0.15, 0.2) is 0 Å². The van der Waals surface area contributed by atoms with Crippen LogP contribution in [-0.4, -0.2) is 5.60 Å². The quantitative estimate of drug-likeness (QED) is 0.739. The van der Waals surface area contributed by atoms with Crippen LogP contribution in [0.15, 0.2) is 30.3 Å². The van der Waals surface area contributed by atoms with Crippen LogP contribution in [-0.2, 0) is 4.74 Å². The molecule has 0 aliphatic carbocycles. The highest BCUT2D eigenvalue weighted by Gasteiger charge is 2.56. The second kappa shape index (κ2) is 3.87. The predicted molar refractivity (Wildman–Crippen MR) is 62.6 cm³/mol. The number of benzene rings is 1. The number of hydrogen-bond acceptors (Lipinski definition) is 3. The Hall–Kier alpha value is -1.84. The molecule has 1 unspecified atom stereocenters. The van der Waals surface area contributed by atoms with Gasteiger partial charge in [-0.15, -0.1) is 0 Å². The summed E-state index contributed by atoms with van der Waals surface area (Å²) in [7, 11) is 0. The minimum atomic E-state index is -1.34. The van der Waals surface area contributed by atoms with E-state index in [2.05, 4.69) is 0 Å². The van der Waals surface area contributed by atoms with Gasteiger partial charge in [0.2, 0.25) is 5.60 Å². The first-order chi connectivity index (χ1) is 8.04. The van der Waals surface area contributed by atoms with Crippen molar-refractivity contribution in [3.8, 4) is 12.1 Å². The predicted octanol–water partition coefficient (Wildman–Crippen LogP) is 2.96. The molecule has 1 aliphatic heterocycles. The number of ether oxygens (including phenoxy) is 1. The first-order valence-corrected chi connectivity index (χ1v) is 5.60. The Bertz CT molecular complexity index is 479. The Balaban J connectivity index is 2.36. The molecule has 3 heteroatoms. The van der Waals surface area contributed by atoms with Gasteiger partial charge in [0, 0.05) is 5.41 Å². The van der Waals surface area contributed by atoms with Crippen LogP contribution in [0.1, 0.15) is 31.9 Å². The van der Waals surface area contributed by atoms with Gasteiger partial charge in [0.05, 0.1) is 6.10 Å². The van der Waals surface area contributed by atoms with E-state index in [1.165, 1.54) is 0 Å². The molecule has 86 valence electrons. The number of nitrogens with zero attached hydrogens (tertiary/aromatic N) is 2. The molecule has 0 saturated carbocycles. The van der Waals surface area contributed by atoms with Crippen LogP contribution in [0.3, 0.4) is 0 Å². The molecule has 3 nitrogen and oxygen atoms in total. The lowest BCUT2D eigenvalue weighted by Gasteiger charge is -2.26. The van der Waals surface area contributed by atoms with Crippen molar-refractivity contribution >= 4 is 0 Å². The molecule has 1 heterocycles. The van der Waals surface area contributed by atoms with Crippen molar-refractivity contribution in [2.24, 2.45) is 5.41 Å². The Kier molecular flexibility index (Phi) is 2.65. The maximum atomic E-state index is 9.22. The Morgan fingerprint density at radius 3 is 2.24 bits per heavy atom. The zero-order valence-electron chi connectivity index (χ0n) is 9.97. The molecular weight excluding hydrogens is 212 g/mol. The third-order valence-electron chi connectivity index (χ3n) is 3.45. The van der Waals surface area contributed by atoms with E-state index >= 15 is 0 Å². The SMILES string of the molecule is CC1(C)CC(c2ccccc2)OC1(C#N)C#N. The van der Waals surface area contributed by atoms with Crippen molar-refractivity contribution in [2.45, 2.75) is 32.0 Å². The monoisotopic (exact) mass is 226 g/mol. The minimum absolute atomic E-state index is 0.175. The van der Waals surface area contributed by atoms with Crippen molar-refractivity contribution in [2.75, 3.05) is 0 Å². The summed E-state index contributed by atoms with van der Waals surface area (Å²) in [6.45, 7) is 3.81. The molecule has 1 aromatic rings. The van der Waals surface area contributed by atoms with Gasteiger partial charge in [0.1, 0.15) is 12.1 Å².